The van der Waals surface area contributed by atoms with E-state index in [0.717, 1.165) is 12.8 Å². The molecule has 1 saturated heterocycles. The Morgan fingerprint density at radius 2 is 2.04 bits per heavy atom. The van der Waals surface area contributed by atoms with Gasteiger partial charge in [-0.1, -0.05) is 27.2 Å². The topological polar surface area (TPSA) is 97.1 Å². The number of carbonyl (C=O) groups excluding carboxylic acids is 2. The number of rotatable bonds is 6. The summed E-state index contributed by atoms with van der Waals surface area (Å²) in [7, 11) is 0. The molecule has 142 valence electrons. The molecule has 7 nitrogen and oxygen atoms in total. The largest absolute Gasteiger partial charge is 0.457 e. The highest BCUT2D eigenvalue weighted by atomic mass is 35.5. The van der Waals surface area contributed by atoms with Gasteiger partial charge in [-0.15, -0.1) is 12.4 Å². The molecule has 0 aromatic rings. The molecule has 0 amide bonds. The van der Waals surface area contributed by atoms with Crippen molar-refractivity contribution in [3.8, 4) is 0 Å². The summed E-state index contributed by atoms with van der Waals surface area (Å²) < 4.78 is 22.1. The lowest BCUT2D eigenvalue weighted by atomic mass is 10.1. The zero-order chi connectivity index (χ0) is 17.4. The van der Waals surface area contributed by atoms with Crippen molar-refractivity contribution in [3.05, 3.63) is 0 Å². The number of unbranched alkanes of at least 4 members (excludes halogenated alkanes) is 1. The van der Waals surface area contributed by atoms with Gasteiger partial charge in [0.2, 0.25) is 0 Å². The predicted octanol–water partition coefficient (Wildman–Crippen LogP) is 1.45. The lowest BCUT2D eigenvalue weighted by Gasteiger charge is -2.30. The molecule has 8 heteroatoms. The molecule has 24 heavy (non-hydrogen) atoms. The molecule has 0 saturated carbocycles. The van der Waals surface area contributed by atoms with Gasteiger partial charge in [0.1, 0.15) is 18.2 Å². The van der Waals surface area contributed by atoms with Crippen LogP contribution in [0.25, 0.3) is 0 Å². The molecule has 4 atom stereocenters. The summed E-state index contributed by atoms with van der Waals surface area (Å²) in [4.78, 5) is 23.8. The van der Waals surface area contributed by atoms with E-state index in [1.807, 2.05) is 0 Å². The normalized spacial score (nSPS) is 28.2. The van der Waals surface area contributed by atoms with Crippen molar-refractivity contribution in [3.63, 3.8) is 0 Å². The number of nitrogens with two attached hydrogens (primary N) is 1. The zero-order valence-electron chi connectivity index (χ0n) is 14.9. The predicted molar refractivity (Wildman–Crippen MR) is 91.0 cm³/mol. The summed E-state index contributed by atoms with van der Waals surface area (Å²) in [5, 5.41) is 0. The fourth-order valence-electron chi connectivity index (χ4n) is 2.08. The SMILES string of the molecule is CCCCOC1COCC(N)C(=O)OC(C)C1OC(=O)C(C)C.Cl. The van der Waals surface area contributed by atoms with Crippen LogP contribution in [0.2, 0.25) is 0 Å². The van der Waals surface area contributed by atoms with Gasteiger partial charge in [0, 0.05) is 6.61 Å². The average molecular weight is 368 g/mol. The van der Waals surface area contributed by atoms with Crippen molar-refractivity contribution in [1.82, 2.24) is 0 Å². The molecule has 0 spiro atoms. The van der Waals surface area contributed by atoms with Crippen molar-refractivity contribution >= 4 is 24.3 Å². The van der Waals surface area contributed by atoms with Gasteiger partial charge < -0.3 is 24.7 Å². The van der Waals surface area contributed by atoms with Crippen LogP contribution in [0.4, 0.5) is 0 Å². The maximum Gasteiger partial charge on any atom is 0.325 e. The molecule has 1 rings (SSSR count). The van der Waals surface area contributed by atoms with Crippen molar-refractivity contribution in [2.24, 2.45) is 11.7 Å². The van der Waals surface area contributed by atoms with E-state index in [1.165, 1.54) is 0 Å². The van der Waals surface area contributed by atoms with E-state index < -0.39 is 30.3 Å². The second kappa shape index (κ2) is 11.6. The molecule has 1 fully saturated rings. The van der Waals surface area contributed by atoms with Crippen LogP contribution in [0.5, 0.6) is 0 Å². The van der Waals surface area contributed by atoms with Crippen LogP contribution < -0.4 is 5.73 Å². The summed E-state index contributed by atoms with van der Waals surface area (Å²) in [6.07, 6.45) is -0.0213. The summed E-state index contributed by atoms with van der Waals surface area (Å²) in [6, 6.07) is -0.853. The Kier molecular flexibility index (Phi) is 11.2. The fraction of sp³-hybridized carbons (Fsp3) is 0.875. The first-order valence-corrected chi connectivity index (χ1v) is 8.22. The fourth-order valence-corrected chi connectivity index (χ4v) is 2.08. The smallest absolute Gasteiger partial charge is 0.325 e. The van der Waals surface area contributed by atoms with E-state index in [4.69, 9.17) is 24.7 Å². The van der Waals surface area contributed by atoms with Gasteiger partial charge in [0.05, 0.1) is 19.1 Å². The lowest BCUT2D eigenvalue weighted by Crippen LogP contribution is -2.46. The molecule has 1 aliphatic rings. The summed E-state index contributed by atoms with van der Waals surface area (Å²) in [6.45, 7) is 7.97. The third-order valence-electron chi connectivity index (χ3n) is 3.57. The van der Waals surface area contributed by atoms with E-state index in [-0.39, 0.29) is 37.5 Å². The van der Waals surface area contributed by atoms with E-state index in [1.54, 1.807) is 20.8 Å². The van der Waals surface area contributed by atoms with Gasteiger partial charge >= 0.3 is 11.9 Å². The van der Waals surface area contributed by atoms with Gasteiger partial charge in [0.25, 0.3) is 0 Å². The number of cyclic esters (lactones) is 1. The Hall–Kier alpha value is -0.890. The number of ether oxygens (including phenoxy) is 4. The molecule has 1 heterocycles. The maximum absolute atomic E-state index is 12.0. The Labute approximate surface area is 149 Å². The van der Waals surface area contributed by atoms with Gasteiger partial charge in [-0.25, -0.2) is 0 Å². The van der Waals surface area contributed by atoms with Crippen molar-refractivity contribution in [2.75, 3.05) is 19.8 Å². The summed E-state index contributed by atoms with van der Waals surface area (Å²) in [5.74, 6) is -1.23. The lowest BCUT2D eigenvalue weighted by molar-refractivity contribution is -0.182. The third kappa shape index (κ3) is 7.34. The second-order valence-electron chi connectivity index (χ2n) is 6.10. The Balaban J connectivity index is 0.00000529. The van der Waals surface area contributed by atoms with Crippen molar-refractivity contribution in [2.45, 2.75) is 64.9 Å². The number of hydrogen-bond donors (Lipinski definition) is 1. The Morgan fingerprint density at radius 1 is 1.38 bits per heavy atom. The molecule has 0 aromatic heterocycles. The minimum atomic E-state index is -0.853. The highest BCUT2D eigenvalue weighted by molar-refractivity contribution is 5.85. The van der Waals surface area contributed by atoms with Crippen LogP contribution in [-0.4, -0.2) is 56.1 Å². The summed E-state index contributed by atoms with van der Waals surface area (Å²) >= 11 is 0. The maximum atomic E-state index is 12.0. The first-order valence-electron chi connectivity index (χ1n) is 8.22. The standard InChI is InChI=1S/C16H29NO6.ClH/c1-5-6-7-21-13-9-20-8-12(17)16(19)22-11(4)14(13)23-15(18)10(2)3;/h10-14H,5-9,17H2,1-4H3;1H. The monoisotopic (exact) mass is 367 g/mol. The molecule has 4 unspecified atom stereocenters. The summed E-state index contributed by atoms with van der Waals surface area (Å²) in [5.41, 5.74) is 5.69. The quantitative estimate of drug-likeness (QED) is 0.560. The second-order valence-corrected chi connectivity index (χ2v) is 6.10. The Morgan fingerprint density at radius 3 is 2.62 bits per heavy atom. The van der Waals surface area contributed by atoms with E-state index in [0.29, 0.717) is 6.61 Å². The highest BCUT2D eigenvalue weighted by Crippen LogP contribution is 2.18. The third-order valence-corrected chi connectivity index (χ3v) is 3.57. The molecule has 0 aliphatic carbocycles. The van der Waals surface area contributed by atoms with Gasteiger partial charge in [-0.3, -0.25) is 9.59 Å². The number of esters is 2. The molecular weight excluding hydrogens is 338 g/mol. The van der Waals surface area contributed by atoms with Gasteiger partial charge in [-0.05, 0) is 13.3 Å². The molecule has 0 radical (unpaired) electrons. The number of carbonyl (C=O) groups is 2. The Bertz CT molecular complexity index is 393. The number of halogens is 1. The van der Waals surface area contributed by atoms with Crippen LogP contribution in [0.1, 0.15) is 40.5 Å². The first-order chi connectivity index (χ1) is 10.9. The van der Waals surface area contributed by atoms with Gasteiger partial charge in [0.15, 0.2) is 6.10 Å². The van der Waals surface area contributed by atoms with E-state index in [2.05, 4.69) is 6.92 Å². The highest BCUT2D eigenvalue weighted by Gasteiger charge is 2.36. The van der Waals surface area contributed by atoms with Crippen molar-refractivity contribution < 1.29 is 28.5 Å². The average Bonchev–Trinajstić information content (AvgIpc) is 2.53. The minimum absolute atomic E-state index is 0. The van der Waals surface area contributed by atoms with Crippen molar-refractivity contribution in [1.29, 1.82) is 0 Å². The van der Waals surface area contributed by atoms with Crippen LogP contribution in [0.3, 0.4) is 0 Å². The molecule has 0 aromatic carbocycles. The molecule has 1 aliphatic heterocycles. The van der Waals surface area contributed by atoms with Gasteiger partial charge in [-0.2, -0.15) is 0 Å². The first kappa shape index (κ1) is 23.1. The molecule has 0 bridgehead atoms. The van der Waals surface area contributed by atoms with Crippen LogP contribution in [0.15, 0.2) is 0 Å². The minimum Gasteiger partial charge on any atom is -0.457 e. The number of hydrogen-bond acceptors (Lipinski definition) is 7. The van der Waals surface area contributed by atoms with Crippen LogP contribution in [0, 0.1) is 5.92 Å². The van der Waals surface area contributed by atoms with Crippen LogP contribution >= 0.6 is 12.4 Å². The molecular formula is C16H30ClNO6. The van der Waals surface area contributed by atoms with E-state index in [9.17, 15) is 9.59 Å². The van der Waals surface area contributed by atoms with Crippen LogP contribution in [-0.2, 0) is 28.5 Å². The van der Waals surface area contributed by atoms with E-state index >= 15 is 0 Å². The molecule has 2 N–H and O–H groups in total. The zero-order valence-corrected chi connectivity index (χ0v) is 15.7.